The highest BCUT2D eigenvalue weighted by Crippen LogP contribution is 2.37. The zero-order valence-electron chi connectivity index (χ0n) is 18.4. The third kappa shape index (κ3) is 5.11. The maximum absolute atomic E-state index is 5.96. The molecule has 1 saturated heterocycles. The SMILES string of the molecule is CCOCOc1cc(SC)ccc1-c1nnc(N[C@@H]2CCCN(C)C2)c2ccccc12. The second-order valence-corrected chi connectivity index (χ2v) is 8.69. The van der Waals surface area contributed by atoms with Crippen LogP contribution in [0.25, 0.3) is 22.0 Å². The van der Waals surface area contributed by atoms with Crippen molar-refractivity contribution in [2.45, 2.75) is 30.7 Å². The van der Waals surface area contributed by atoms with Gasteiger partial charge in [0, 0.05) is 40.4 Å². The summed E-state index contributed by atoms with van der Waals surface area (Å²) < 4.78 is 11.4. The van der Waals surface area contributed by atoms with Crippen LogP contribution in [0.5, 0.6) is 5.75 Å². The molecule has 0 radical (unpaired) electrons. The van der Waals surface area contributed by atoms with Crippen LogP contribution in [0.15, 0.2) is 47.4 Å². The van der Waals surface area contributed by atoms with Crippen molar-refractivity contribution in [3.63, 3.8) is 0 Å². The summed E-state index contributed by atoms with van der Waals surface area (Å²) in [5.41, 5.74) is 1.74. The zero-order chi connectivity index (χ0) is 21.6. The first-order valence-electron chi connectivity index (χ1n) is 10.8. The number of aromatic nitrogens is 2. The fourth-order valence-electron chi connectivity index (χ4n) is 4.02. The monoisotopic (exact) mass is 438 g/mol. The Morgan fingerprint density at radius 3 is 2.77 bits per heavy atom. The van der Waals surface area contributed by atoms with Crippen LogP contribution in [0.1, 0.15) is 19.8 Å². The lowest BCUT2D eigenvalue weighted by Gasteiger charge is -2.30. The minimum Gasteiger partial charge on any atom is -0.467 e. The quantitative estimate of drug-likeness (QED) is 0.305. The molecular formula is C24H30N4O2S. The lowest BCUT2D eigenvalue weighted by molar-refractivity contribution is 0.0226. The number of anilines is 1. The van der Waals surface area contributed by atoms with Gasteiger partial charge in [0.1, 0.15) is 11.4 Å². The number of thioether (sulfide) groups is 1. The summed E-state index contributed by atoms with van der Waals surface area (Å²) in [6.45, 7) is 4.94. The van der Waals surface area contributed by atoms with Crippen molar-refractivity contribution >= 4 is 28.4 Å². The number of likely N-dealkylation sites (N-methyl/N-ethyl adjacent to an activating group) is 1. The van der Waals surface area contributed by atoms with Gasteiger partial charge in [-0.05, 0) is 57.8 Å². The Morgan fingerprint density at radius 2 is 2.00 bits per heavy atom. The highest BCUT2D eigenvalue weighted by Gasteiger charge is 2.20. The molecule has 1 aromatic heterocycles. The predicted octanol–water partition coefficient (Wildman–Crippen LogP) is 4.90. The smallest absolute Gasteiger partial charge is 0.189 e. The molecule has 0 amide bonds. The number of hydrogen-bond acceptors (Lipinski definition) is 7. The van der Waals surface area contributed by atoms with Crippen molar-refractivity contribution in [1.82, 2.24) is 15.1 Å². The van der Waals surface area contributed by atoms with Crippen molar-refractivity contribution in [3.8, 4) is 17.0 Å². The Hall–Kier alpha value is -2.35. The predicted molar refractivity (Wildman–Crippen MR) is 128 cm³/mol. The minimum atomic E-state index is 0.210. The molecule has 1 atom stereocenters. The van der Waals surface area contributed by atoms with Gasteiger partial charge in [0.2, 0.25) is 0 Å². The Morgan fingerprint density at radius 1 is 1.16 bits per heavy atom. The fraction of sp³-hybridized carbons (Fsp3) is 0.417. The van der Waals surface area contributed by atoms with Gasteiger partial charge in [0.05, 0.1) is 0 Å². The molecule has 31 heavy (non-hydrogen) atoms. The number of benzene rings is 2. The molecule has 0 aliphatic carbocycles. The molecule has 1 N–H and O–H groups in total. The first-order valence-corrected chi connectivity index (χ1v) is 12.0. The molecule has 3 aromatic rings. The Labute approximate surface area is 188 Å². The fourth-order valence-corrected chi connectivity index (χ4v) is 4.45. The van der Waals surface area contributed by atoms with E-state index in [1.165, 1.54) is 6.42 Å². The van der Waals surface area contributed by atoms with Crippen LogP contribution in [-0.4, -0.2) is 60.9 Å². The van der Waals surface area contributed by atoms with Gasteiger partial charge in [-0.15, -0.1) is 22.0 Å². The number of nitrogens with one attached hydrogen (secondary N) is 1. The van der Waals surface area contributed by atoms with E-state index < -0.39 is 0 Å². The summed E-state index contributed by atoms with van der Waals surface area (Å²) in [4.78, 5) is 3.49. The molecule has 0 spiro atoms. The maximum atomic E-state index is 5.96. The van der Waals surface area contributed by atoms with Crippen molar-refractivity contribution in [3.05, 3.63) is 42.5 Å². The van der Waals surface area contributed by atoms with Crippen molar-refractivity contribution in [1.29, 1.82) is 0 Å². The van der Waals surface area contributed by atoms with E-state index in [1.807, 2.05) is 19.1 Å². The third-order valence-electron chi connectivity index (χ3n) is 5.60. The Balaban J connectivity index is 1.72. The van der Waals surface area contributed by atoms with E-state index in [0.717, 1.165) is 58.0 Å². The molecule has 0 bridgehead atoms. The minimum absolute atomic E-state index is 0.210. The van der Waals surface area contributed by atoms with E-state index in [0.29, 0.717) is 12.6 Å². The van der Waals surface area contributed by atoms with Gasteiger partial charge in [0.15, 0.2) is 12.6 Å². The summed E-state index contributed by atoms with van der Waals surface area (Å²) in [7, 11) is 2.17. The van der Waals surface area contributed by atoms with E-state index in [-0.39, 0.29) is 6.79 Å². The van der Waals surface area contributed by atoms with Crippen LogP contribution >= 0.6 is 11.8 Å². The number of ether oxygens (including phenoxy) is 2. The van der Waals surface area contributed by atoms with Gasteiger partial charge in [-0.1, -0.05) is 24.3 Å². The van der Waals surface area contributed by atoms with Gasteiger partial charge >= 0.3 is 0 Å². The summed E-state index contributed by atoms with van der Waals surface area (Å²) in [5.74, 6) is 1.60. The molecule has 1 fully saturated rings. The highest BCUT2D eigenvalue weighted by molar-refractivity contribution is 7.98. The van der Waals surface area contributed by atoms with Gasteiger partial charge in [-0.25, -0.2) is 0 Å². The summed E-state index contributed by atoms with van der Waals surface area (Å²) in [5, 5.41) is 15.0. The third-order valence-corrected chi connectivity index (χ3v) is 6.32. The van der Waals surface area contributed by atoms with Gasteiger partial charge in [-0.2, -0.15) is 0 Å². The Bertz CT molecular complexity index is 1030. The van der Waals surface area contributed by atoms with Crippen LogP contribution < -0.4 is 10.1 Å². The number of piperidine rings is 1. The summed E-state index contributed by atoms with van der Waals surface area (Å²) in [6.07, 6.45) is 4.40. The molecule has 1 aliphatic heterocycles. The van der Waals surface area contributed by atoms with Crippen LogP contribution in [0.4, 0.5) is 5.82 Å². The molecule has 164 valence electrons. The molecule has 6 nitrogen and oxygen atoms in total. The second-order valence-electron chi connectivity index (χ2n) is 7.81. The molecule has 7 heteroatoms. The maximum Gasteiger partial charge on any atom is 0.189 e. The van der Waals surface area contributed by atoms with E-state index in [2.05, 4.69) is 64.0 Å². The van der Waals surface area contributed by atoms with E-state index in [4.69, 9.17) is 9.47 Å². The second kappa shape index (κ2) is 10.3. The van der Waals surface area contributed by atoms with Crippen LogP contribution in [-0.2, 0) is 4.74 Å². The van der Waals surface area contributed by atoms with Crippen LogP contribution in [0.3, 0.4) is 0 Å². The molecule has 2 heterocycles. The van der Waals surface area contributed by atoms with Gasteiger partial charge in [0.25, 0.3) is 0 Å². The normalized spacial score (nSPS) is 17.1. The molecule has 2 aromatic carbocycles. The topological polar surface area (TPSA) is 59.5 Å². The molecule has 1 aliphatic rings. The van der Waals surface area contributed by atoms with Crippen molar-refractivity contribution in [2.24, 2.45) is 0 Å². The van der Waals surface area contributed by atoms with E-state index in [9.17, 15) is 0 Å². The van der Waals surface area contributed by atoms with Gasteiger partial charge < -0.3 is 19.7 Å². The van der Waals surface area contributed by atoms with Gasteiger partial charge in [-0.3, -0.25) is 0 Å². The molecule has 0 unspecified atom stereocenters. The lowest BCUT2D eigenvalue weighted by atomic mass is 10.0. The van der Waals surface area contributed by atoms with Crippen LogP contribution in [0, 0.1) is 0 Å². The number of rotatable bonds is 8. The number of fused-ring (bicyclic) bond motifs is 1. The number of likely N-dealkylation sites (tertiary alicyclic amines) is 1. The average molecular weight is 439 g/mol. The van der Waals surface area contributed by atoms with E-state index in [1.54, 1.807) is 11.8 Å². The van der Waals surface area contributed by atoms with E-state index >= 15 is 0 Å². The first kappa shape index (κ1) is 21.9. The van der Waals surface area contributed by atoms with Crippen LogP contribution in [0.2, 0.25) is 0 Å². The average Bonchev–Trinajstić information content (AvgIpc) is 2.80. The first-order chi connectivity index (χ1) is 15.2. The summed E-state index contributed by atoms with van der Waals surface area (Å²) >= 11 is 1.68. The standard InChI is InChI=1S/C24H30N4O2S/c1-4-29-16-30-22-14-18(31-3)11-12-21(22)23-19-9-5-6-10-20(19)24(27-26-23)25-17-8-7-13-28(2)15-17/h5-6,9-12,14,17H,4,7-8,13,15-16H2,1-3H3,(H,25,27)/t17-/m1/s1. The largest absolute Gasteiger partial charge is 0.467 e. The number of nitrogens with zero attached hydrogens (tertiary/aromatic N) is 3. The number of hydrogen-bond donors (Lipinski definition) is 1. The summed E-state index contributed by atoms with van der Waals surface area (Å²) in [6, 6.07) is 14.9. The lowest BCUT2D eigenvalue weighted by Crippen LogP contribution is -2.40. The molecule has 4 rings (SSSR count). The van der Waals surface area contributed by atoms with Crippen molar-refractivity contribution in [2.75, 3.05) is 45.1 Å². The molecule has 0 saturated carbocycles. The highest BCUT2D eigenvalue weighted by atomic mass is 32.2. The zero-order valence-corrected chi connectivity index (χ0v) is 19.2. The molecular weight excluding hydrogens is 408 g/mol. The Kier molecular flexibility index (Phi) is 7.27. The van der Waals surface area contributed by atoms with Crippen molar-refractivity contribution < 1.29 is 9.47 Å².